The van der Waals surface area contributed by atoms with Crippen molar-refractivity contribution in [3.8, 4) is 0 Å². The number of amides is 1. The molecule has 0 fully saturated rings. The van der Waals surface area contributed by atoms with Gasteiger partial charge >= 0.3 is 5.97 Å². The zero-order chi connectivity index (χ0) is 15.2. The van der Waals surface area contributed by atoms with Crippen molar-refractivity contribution in [2.75, 3.05) is 18.1 Å². The lowest BCUT2D eigenvalue weighted by molar-refractivity contribution is -0.134. The molecule has 2 N–H and O–H groups in total. The maximum Gasteiger partial charge on any atom is 0.313 e. The fourth-order valence-corrected chi connectivity index (χ4v) is 2.18. The summed E-state index contributed by atoms with van der Waals surface area (Å²) in [5.74, 6) is -0.808. The van der Waals surface area contributed by atoms with E-state index in [1.54, 1.807) is 26.0 Å². The highest BCUT2D eigenvalue weighted by atomic mass is 32.2. The first-order valence-electron chi connectivity index (χ1n) is 6.18. The molecule has 0 saturated carbocycles. The smallest absolute Gasteiger partial charge is 0.313 e. The number of halogens is 1. The third-order valence-electron chi connectivity index (χ3n) is 2.89. The number of nitrogens with one attached hydrogen (secondary N) is 1. The second-order valence-electron chi connectivity index (χ2n) is 4.83. The van der Waals surface area contributed by atoms with Crippen molar-refractivity contribution in [2.24, 2.45) is 0 Å². The zero-order valence-corrected chi connectivity index (χ0v) is 12.3. The van der Waals surface area contributed by atoms with Gasteiger partial charge in [0.25, 0.3) is 0 Å². The molecular formula is C14H18FNO3S. The van der Waals surface area contributed by atoms with Crippen LogP contribution in [0, 0.1) is 5.82 Å². The molecule has 0 radical (unpaired) electrons. The van der Waals surface area contributed by atoms with E-state index in [4.69, 9.17) is 5.11 Å². The predicted molar refractivity (Wildman–Crippen MR) is 77.4 cm³/mol. The number of thioether (sulfide) groups is 1. The lowest BCUT2D eigenvalue weighted by Crippen LogP contribution is -2.41. The van der Waals surface area contributed by atoms with Gasteiger partial charge in [0, 0.05) is 12.3 Å². The van der Waals surface area contributed by atoms with E-state index in [9.17, 15) is 14.0 Å². The average Bonchev–Trinajstić information content (AvgIpc) is 2.38. The molecule has 0 aliphatic heterocycles. The largest absolute Gasteiger partial charge is 0.481 e. The molecule has 0 unspecified atom stereocenters. The lowest BCUT2D eigenvalue weighted by atomic mass is 9.84. The fourth-order valence-electron chi connectivity index (χ4n) is 1.61. The molecule has 0 aromatic heterocycles. The van der Waals surface area contributed by atoms with Crippen LogP contribution in [0.25, 0.3) is 0 Å². The summed E-state index contributed by atoms with van der Waals surface area (Å²) in [7, 11) is 0. The van der Waals surface area contributed by atoms with Crippen molar-refractivity contribution in [1.82, 2.24) is 5.32 Å². The summed E-state index contributed by atoms with van der Waals surface area (Å²) < 4.78 is 12.9. The average molecular weight is 299 g/mol. The number of carboxylic acid groups (broad SMARTS) is 1. The van der Waals surface area contributed by atoms with Gasteiger partial charge in [-0.1, -0.05) is 12.1 Å². The Labute approximate surface area is 121 Å². The summed E-state index contributed by atoms with van der Waals surface area (Å²) in [5, 5.41) is 11.2. The van der Waals surface area contributed by atoms with Crippen molar-refractivity contribution in [3.05, 3.63) is 35.6 Å². The molecule has 110 valence electrons. The molecule has 1 amide bonds. The van der Waals surface area contributed by atoms with Crippen LogP contribution in [0.5, 0.6) is 0 Å². The first kappa shape index (κ1) is 16.5. The molecular weight excluding hydrogens is 281 g/mol. The molecule has 0 aliphatic carbocycles. The number of hydrogen-bond acceptors (Lipinski definition) is 3. The Morgan fingerprint density at radius 2 is 1.90 bits per heavy atom. The Morgan fingerprint density at radius 3 is 2.45 bits per heavy atom. The van der Waals surface area contributed by atoms with E-state index in [2.05, 4.69) is 5.32 Å². The van der Waals surface area contributed by atoms with Gasteiger partial charge < -0.3 is 10.4 Å². The van der Waals surface area contributed by atoms with Gasteiger partial charge in [-0.15, -0.1) is 11.8 Å². The van der Waals surface area contributed by atoms with E-state index in [1.165, 1.54) is 23.9 Å². The minimum atomic E-state index is -0.868. The number of rotatable bonds is 7. The summed E-state index contributed by atoms with van der Waals surface area (Å²) in [6.07, 6.45) is 0. The number of hydrogen-bond donors (Lipinski definition) is 2. The molecule has 0 atom stereocenters. The molecule has 1 aromatic rings. The third kappa shape index (κ3) is 4.85. The molecule has 0 bridgehead atoms. The molecule has 0 heterocycles. The van der Waals surface area contributed by atoms with Crippen LogP contribution in [0.15, 0.2) is 24.3 Å². The van der Waals surface area contributed by atoms with Crippen LogP contribution >= 0.6 is 11.8 Å². The molecule has 1 aromatic carbocycles. The van der Waals surface area contributed by atoms with E-state index < -0.39 is 11.4 Å². The highest BCUT2D eigenvalue weighted by molar-refractivity contribution is 7.99. The molecule has 20 heavy (non-hydrogen) atoms. The van der Waals surface area contributed by atoms with Crippen molar-refractivity contribution in [3.63, 3.8) is 0 Å². The summed E-state index contributed by atoms with van der Waals surface area (Å²) >= 11 is 1.25. The Balaban J connectivity index is 2.48. The van der Waals surface area contributed by atoms with Crippen LogP contribution < -0.4 is 5.32 Å². The van der Waals surface area contributed by atoms with Gasteiger partial charge in [0.1, 0.15) is 5.82 Å². The standard InChI is InChI=1S/C14H18FNO3S/c1-14(2,10-3-5-11(15)6-4-10)13(19)16-7-8-20-9-12(17)18/h3-6H,7-9H2,1-2H3,(H,16,19)(H,17,18). The first-order chi connectivity index (χ1) is 9.34. The first-order valence-corrected chi connectivity index (χ1v) is 7.33. The van der Waals surface area contributed by atoms with Gasteiger partial charge in [0.2, 0.25) is 5.91 Å². The number of carbonyl (C=O) groups excluding carboxylic acids is 1. The number of benzene rings is 1. The van der Waals surface area contributed by atoms with Crippen LogP contribution in [-0.4, -0.2) is 35.0 Å². The quantitative estimate of drug-likeness (QED) is 0.756. The van der Waals surface area contributed by atoms with Gasteiger partial charge in [0.05, 0.1) is 11.2 Å². The highest BCUT2D eigenvalue weighted by Crippen LogP contribution is 2.23. The topological polar surface area (TPSA) is 66.4 Å². The Hall–Kier alpha value is -1.56. The van der Waals surface area contributed by atoms with Crippen LogP contribution in [0.1, 0.15) is 19.4 Å². The van der Waals surface area contributed by atoms with Crippen LogP contribution in [0.2, 0.25) is 0 Å². The zero-order valence-electron chi connectivity index (χ0n) is 11.5. The van der Waals surface area contributed by atoms with Gasteiger partial charge in [-0.3, -0.25) is 9.59 Å². The molecule has 4 nitrogen and oxygen atoms in total. The van der Waals surface area contributed by atoms with Crippen LogP contribution in [-0.2, 0) is 15.0 Å². The van der Waals surface area contributed by atoms with Crippen LogP contribution in [0.4, 0.5) is 4.39 Å². The predicted octanol–water partition coefficient (Wildman–Crippen LogP) is 2.04. The second-order valence-corrected chi connectivity index (χ2v) is 5.94. The Morgan fingerprint density at radius 1 is 1.30 bits per heavy atom. The van der Waals surface area contributed by atoms with Crippen molar-refractivity contribution < 1.29 is 19.1 Å². The monoisotopic (exact) mass is 299 g/mol. The summed E-state index contributed by atoms with van der Waals surface area (Å²) in [6.45, 7) is 3.93. The molecule has 1 rings (SSSR count). The maximum atomic E-state index is 12.9. The van der Waals surface area contributed by atoms with E-state index in [-0.39, 0.29) is 17.5 Å². The SMILES string of the molecule is CC(C)(C(=O)NCCSCC(=O)O)c1ccc(F)cc1. The van der Waals surface area contributed by atoms with E-state index in [1.807, 2.05) is 0 Å². The number of carbonyl (C=O) groups is 2. The Kier molecular flexibility index (Phi) is 6.01. The normalized spacial score (nSPS) is 11.2. The maximum absolute atomic E-state index is 12.9. The van der Waals surface area contributed by atoms with E-state index >= 15 is 0 Å². The van der Waals surface area contributed by atoms with Crippen LogP contribution in [0.3, 0.4) is 0 Å². The van der Waals surface area contributed by atoms with Gasteiger partial charge in [-0.2, -0.15) is 0 Å². The second kappa shape index (κ2) is 7.28. The Bertz CT molecular complexity index is 474. The molecule has 0 spiro atoms. The summed E-state index contributed by atoms with van der Waals surface area (Å²) in [5.41, 5.74) is -0.0277. The summed E-state index contributed by atoms with van der Waals surface area (Å²) in [4.78, 5) is 22.4. The van der Waals surface area contributed by atoms with Crippen molar-refractivity contribution >= 4 is 23.6 Å². The van der Waals surface area contributed by atoms with E-state index in [0.29, 0.717) is 12.3 Å². The minimum Gasteiger partial charge on any atom is -0.481 e. The van der Waals surface area contributed by atoms with Crippen molar-refractivity contribution in [2.45, 2.75) is 19.3 Å². The third-order valence-corrected chi connectivity index (χ3v) is 3.83. The minimum absolute atomic E-state index is 0.0250. The summed E-state index contributed by atoms with van der Waals surface area (Å²) in [6, 6.07) is 5.84. The van der Waals surface area contributed by atoms with E-state index in [0.717, 1.165) is 5.56 Å². The molecule has 6 heteroatoms. The highest BCUT2D eigenvalue weighted by Gasteiger charge is 2.29. The lowest BCUT2D eigenvalue weighted by Gasteiger charge is -2.24. The number of carboxylic acids is 1. The molecule has 0 aliphatic rings. The number of aliphatic carboxylic acids is 1. The van der Waals surface area contributed by atoms with Gasteiger partial charge in [0.15, 0.2) is 0 Å². The van der Waals surface area contributed by atoms with Crippen molar-refractivity contribution in [1.29, 1.82) is 0 Å². The molecule has 0 saturated heterocycles. The fraction of sp³-hybridized carbons (Fsp3) is 0.429. The van der Waals surface area contributed by atoms with Gasteiger partial charge in [-0.25, -0.2) is 4.39 Å². The van der Waals surface area contributed by atoms with Gasteiger partial charge in [-0.05, 0) is 31.5 Å².